The quantitative estimate of drug-likeness (QED) is 0.462. The van der Waals surface area contributed by atoms with Gasteiger partial charge in [-0.25, -0.2) is 0 Å². The van der Waals surface area contributed by atoms with E-state index < -0.39 is 0 Å². The van der Waals surface area contributed by atoms with Crippen LogP contribution in [0.4, 0.5) is 0 Å². The molecule has 32 heavy (non-hydrogen) atoms. The predicted molar refractivity (Wildman–Crippen MR) is 119 cm³/mol. The van der Waals surface area contributed by atoms with Gasteiger partial charge in [-0.1, -0.05) is 25.1 Å². The molecule has 1 aliphatic carbocycles. The molecular formula is C23H32N4O5. The van der Waals surface area contributed by atoms with Crippen molar-refractivity contribution in [3.63, 3.8) is 0 Å². The van der Waals surface area contributed by atoms with Crippen molar-refractivity contribution in [2.75, 3.05) is 6.61 Å². The van der Waals surface area contributed by atoms with Crippen molar-refractivity contribution in [3.05, 3.63) is 53.3 Å². The third-order valence-electron chi connectivity index (χ3n) is 5.25. The molecule has 174 valence electrons. The lowest BCUT2D eigenvalue weighted by molar-refractivity contribution is -0.128. The van der Waals surface area contributed by atoms with Crippen LogP contribution in [-0.4, -0.2) is 52.3 Å². The molecule has 1 aliphatic rings. The van der Waals surface area contributed by atoms with Gasteiger partial charge in [0.05, 0.1) is 24.4 Å². The molecule has 4 N–H and O–H groups in total. The van der Waals surface area contributed by atoms with E-state index in [-0.39, 0.29) is 36.4 Å². The lowest BCUT2D eigenvalue weighted by Gasteiger charge is -2.36. The molecule has 0 unspecified atom stereocenters. The third kappa shape index (κ3) is 7.81. The number of rotatable bonds is 8. The molecule has 9 heteroatoms. The van der Waals surface area contributed by atoms with Gasteiger partial charge in [0.15, 0.2) is 0 Å². The molecule has 3 rings (SSSR count). The normalized spacial score (nSPS) is 19.9. The van der Waals surface area contributed by atoms with Gasteiger partial charge in [-0.15, -0.1) is 0 Å². The van der Waals surface area contributed by atoms with Crippen molar-refractivity contribution >= 4 is 18.3 Å². The summed E-state index contributed by atoms with van der Waals surface area (Å²) in [6.45, 7) is 4.79. The first kappa shape index (κ1) is 25.1. The summed E-state index contributed by atoms with van der Waals surface area (Å²) < 4.78 is 5.98. The fourth-order valence-electron chi connectivity index (χ4n) is 3.73. The zero-order chi connectivity index (χ0) is 23.3. The molecule has 1 fully saturated rings. The van der Waals surface area contributed by atoms with E-state index >= 15 is 0 Å². The van der Waals surface area contributed by atoms with E-state index in [4.69, 9.17) is 14.6 Å². The highest BCUT2D eigenvalue weighted by molar-refractivity contribution is 5.94. The van der Waals surface area contributed by atoms with E-state index in [9.17, 15) is 9.59 Å². The minimum atomic E-state index is -0.250. The molecule has 0 saturated heterocycles. The summed E-state index contributed by atoms with van der Waals surface area (Å²) in [6, 6.07) is 10.9. The highest BCUT2D eigenvalue weighted by atomic mass is 16.5. The number of carbonyl (C=O) groups excluding carboxylic acids is 2. The Morgan fingerprint density at radius 2 is 2.00 bits per heavy atom. The van der Waals surface area contributed by atoms with Gasteiger partial charge in [0.1, 0.15) is 0 Å². The van der Waals surface area contributed by atoms with Crippen molar-refractivity contribution in [1.82, 2.24) is 20.8 Å². The van der Waals surface area contributed by atoms with Crippen molar-refractivity contribution < 1.29 is 24.2 Å². The largest absolute Gasteiger partial charge is 0.483 e. The predicted octanol–water partition coefficient (Wildman–Crippen LogP) is 2.43. The molecule has 9 nitrogen and oxygen atoms in total. The summed E-state index contributed by atoms with van der Waals surface area (Å²) in [6.07, 6.45) is 2.92. The molecule has 1 aromatic heterocycles. The Morgan fingerprint density at radius 1 is 1.28 bits per heavy atom. The van der Waals surface area contributed by atoms with Gasteiger partial charge in [0.2, 0.25) is 5.91 Å². The maximum Gasteiger partial charge on any atom is 0.290 e. The molecule has 0 spiro atoms. The lowest BCUT2D eigenvalue weighted by Crippen LogP contribution is -2.50. The summed E-state index contributed by atoms with van der Waals surface area (Å²) in [4.78, 5) is 33.7. The van der Waals surface area contributed by atoms with Crippen molar-refractivity contribution in [2.45, 2.75) is 58.2 Å². The van der Waals surface area contributed by atoms with Crippen LogP contribution in [0.25, 0.3) is 0 Å². The number of aromatic nitrogens is 2. The summed E-state index contributed by atoms with van der Waals surface area (Å²) >= 11 is 0. The highest BCUT2D eigenvalue weighted by Crippen LogP contribution is 2.27. The first-order valence-electron chi connectivity index (χ1n) is 10.8. The number of hydrogen-bond acceptors (Lipinski definition) is 5. The van der Waals surface area contributed by atoms with Crippen molar-refractivity contribution in [2.24, 2.45) is 5.92 Å². The van der Waals surface area contributed by atoms with Crippen LogP contribution in [0, 0.1) is 12.8 Å². The van der Waals surface area contributed by atoms with E-state index in [0.29, 0.717) is 25.1 Å². The zero-order valence-electron chi connectivity index (χ0n) is 18.5. The molecule has 0 radical (unpaired) electrons. The summed E-state index contributed by atoms with van der Waals surface area (Å²) in [5.41, 5.74) is 2.39. The Balaban J connectivity index is 0.00000114. The van der Waals surface area contributed by atoms with Gasteiger partial charge in [-0.2, -0.15) is 5.10 Å². The molecule has 1 saturated carbocycles. The molecule has 2 aromatic rings. The number of aryl methyl sites for hydroxylation is 1. The van der Waals surface area contributed by atoms with E-state index in [0.717, 1.165) is 30.7 Å². The van der Waals surface area contributed by atoms with Gasteiger partial charge in [0, 0.05) is 23.8 Å². The molecular weight excluding hydrogens is 412 g/mol. The first-order chi connectivity index (χ1) is 15.5. The highest BCUT2D eigenvalue weighted by Gasteiger charge is 2.35. The zero-order valence-corrected chi connectivity index (χ0v) is 18.5. The molecule has 1 heterocycles. The maximum atomic E-state index is 12.7. The standard InChI is InChI=1S/C22H30N4O3.CH2O2/c1-3-11-29-20-10-9-17(21(27)23-14-18-12-15(2)25-26-18)13-19(20)24-22(28)16-7-5-4-6-8-16;2-1-3/h4-8,12,17,19-20H,3,9-11,13-14H2,1-2H3,(H,23,27)(H,24,28)(H,25,26);1H,(H,2,3)/t17-,19+,20+;/m0./s1. The average molecular weight is 445 g/mol. The average Bonchev–Trinajstić information content (AvgIpc) is 3.22. The van der Waals surface area contributed by atoms with E-state index in [2.05, 4.69) is 27.8 Å². The van der Waals surface area contributed by atoms with E-state index in [1.165, 1.54) is 0 Å². The summed E-state index contributed by atoms with van der Waals surface area (Å²) in [5.74, 6) is -0.287. The topological polar surface area (TPSA) is 133 Å². The van der Waals surface area contributed by atoms with Crippen LogP contribution in [0.5, 0.6) is 0 Å². The fourth-order valence-corrected chi connectivity index (χ4v) is 3.73. The van der Waals surface area contributed by atoms with Crippen LogP contribution in [-0.2, 0) is 20.9 Å². The number of carbonyl (C=O) groups is 3. The van der Waals surface area contributed by atoms with Crippen LogP contribution in [0.2, 0.25) is 0 Å². The minimum Gasteiger partial charge on any atom is -0.483 e. The Labute approximate surface area is 187 Å². The van der Waals surface area contributed by atoms with Gasteiger partial charge in [0.25, 0.3) is 12.4 Å². The Hall–Kier alpha value is -3.20. The molecule has 0 bridgehead atoms. The van der Waals surface area contributed by atoms with Crippen LogP contribution in [0.1, 0.15) is 54.4 Å². The number of nitrogens with one attached hydrogen (secondary N) is 3. The smallest absolute Gasteiger partial charge is 0.290 e. The number of amides is 2. The Bertz CT molecular complexity index is 855. The van der Waals surface area contributed by atoms with E-state index in [1.807, 2.05) is 31.2 Å². The van der Waals surface area contributed by atoms with E-state index in [1.54, 1.807) is 12.1 Å². The Kier molecular flexibility index (Phi) is 10.4. The molecule has 2 amide bonds. The fraction of sp³-hybridized carbons (Fsp3) is 0.478. The van der Waals surface area contributed by atoms with Crippen molar-refractivity contribution in [3.8, 4) is 0 Å². The van der Waals surface area contributed by atoms with Crippen LogP contribution < -0.4 is 10.6 Å². The second kappa shape index (κ2) is 13.3. The van der Waals surface area contributed by atoms with Gasteiger partial charge >= 0.3 is 0 Å². The van der Waals surface area contributed by atoms with Crippen LogP contribution >= 0.6 is 0 Å². The number of H-pyrrole nitrogens is 1. The van der Waals surface area contributed by atoms with Gasteiger partial charge in [-0.05, 0) is 50.8 Å². The molecule has 0 aliphatic heterocycles. The second-order valence-electron chi connectivity index (χ2n) is 7.73. The number of ether oxygens (including phenoxy) is 1. The van der Waals surface area contributed by atoms with Gasteiger partial charge < -0.3 is 20.5 Å². The number of benzene rings is 1. The summed E-state index contributed by atoms with van der Waals surface area (Å²) in [5, 5.41) is 20.0. The monoisotopic (exact) mass is 444 g/mol. The molecule has 3 atom stereocenters. The molecule has 1 aromatic carbocycles. The van der Waals surface area contributed by atoms with Crippen molar-refractivity contribution in [1.29, 1.82) is 0 Å². The number of hydrogen-bond donors (Lipinski definition) is 4. The second-order valence-corrected chi connectivity index (χ2v) is 7.73. The third-order valence-corrected chi connectivity index (χ3v) is 5.25. The lowest BCUT2D eigenvalue weighted by atomic mass is 9.82. The first-order valence-corrected chi connectivity index (χ1v) is 10.8. The summed E-state index contributed by atoms with van der Waals surface area (Å²) in [7, 11) is 0. The maximum absolute atomic E-state index is 12.7. The number of nitrogens with zero attached hydrogens (tertiary/aromatic N) is 1. The minimum absolute atomic E-state index is 0.00134. The Morgan fingerprint density at radius 3 is 2.62 bits per heavy atom. The number of carboxylic acid groups (broad SMARTS) is 1. The number of aromatic amines is 1. The van der Waals surface area contributed by atoms with Crippen LogP contribution in [0.15, 0.2) is 36.4 Å². The van der Waals surface area contributed by atoms with Gasteiger partial charge in [-0.3, -0.25) is 19.5 Å². The SMILES string of the molecule is CCCO[C@@H]1CC[C@H](C(=O)NCc2cc(C)[nH]n2)C[C@H]1NC(=O)c1ccccc1.O=CO. The van der Waals surface area contributed by atoms with Crippen LogP contribution in [0.3, 0.4) is 0 Å².